The summed E-state index contributed by atoms with van der Waals surface area (Å²) in [5.41, 5.74) is 12.1. The van der Waals surface area contributed by atoms with Crippen LogP contribution >= 0.6 is 0 Å². The van der Waals surface area contributed by atoms with Gasteiger partial charge >= 0.3 is 0 Å². The molecule has 0 saturated heterocycles. The number of aromatic nitrogens is 2. The first-order chi connectivity index (χ1) is 23.6. The Hall–Kier alpha value is -5.54. The first-order valence-electron chi connectivity index (χ1n) is 17.3. The van der Waals surface area contributed by atoms with Crippen LogP contribution < -0.4 is 4.90 Å². The summed E-state index contributed by atoms with van der Waals surface area (Å²) in [5.74, 6) is 0. The van der Waals surface area contributed by atoms with Gasteiger partial charge in [0.25, 0.3) is 0 Å². The van der Waals surface area contributed by atoms with E-state index in [0.29, 0.717) is 0 Å². The average molecular weight is 638 g/mol. The summed E-state index contributed by atoms with van der Waals surface area (Å²) in [5, 5.41) is 3.74. The van der Waals surface area contributed by atoms with Crippen molar-refractivity contribution in [2.45, 2.75) is 52.4 Å². The summed E-state index contributed by atoms with van der Waals surface area (Å²) in [7, 11) is 0. The van der Waals surface area contributed by atoms with Gasteiger partial charge in [-0.1, -0.05) is 108 Å². The topological polar surface area (TPSA) is 13.1 Å². The lowest BCUT2D eigenvalue weighted by atomic mass is 9.86. The Kier molecular flexibility index (Phi) is 7.26. The van der Waals surface area contributed by atoms with Crippen molar-refractivity contribution in [2.24, 2.45) is 0 Å². The minimum atomic E-state index is 0.0833. The number of nitrogens with zero attached hydrogens (tertiary/aromatic N) is 3. The van der Waals surface area contributed by atoms with Crippen LogP contribution in [0.5, 0.6) is 0 Å². The van der Waals surface area contributed by atoms with E-state index in [0.717, 1.165) is 28.4 Å². The summed E-state index contributed by atoms with van der Waals surface area (Å²) in [6.07, 6.45) is 2.18. The van der Waals surface area contributed by atoms with Crippen molar-refractivity contribution in [3.8, 4) is 11.4 Å². The fraction of sp³-hybridized carbons (Fsp3) is 0.174. The first-order valence-corrected chi connectivity index (χ1v) is 17.3. The van der Waals surface area contributed by atoms with Crippen LogP contribution in [0.4, 0.5) is 17.1 Å². The van der Waals surface area contributed by atoms with Gasteiger partial charge in [0.15, 0.2) is 0 Å². The van der Waals surface area contributed by atoms with Gasteiger partial charge in [0.05, 0.1) is 16.6 Å². The average Bonchev–Trinajstić information content (AvgIpc) is 3.66. The van der Waals surface area contributed by atoms with E-state index in [2.05, 4.69) is 207 Å². The normalized spacial score (nSPS) is 12.3. The molecule has 0 fully saturated rings. The van der Waals surface area contributed by atoms with Gasteiger partial charge in [-0.25, -0.2) is 0 Å². The second kappa shape index (κ2) is 11.6. The monoisotopic (exact) mass is 637 g/mol. The number of rotatable bonds is 5. The standard InChI is InChI=1S/C46H43N3/c1-45(2,3)33-19-23-36(24-20-33)48(37-25-21-34(22-26-37)46(4,5)6)38-15-12-16-39(30-38)49-42-18-11-10-17-40(42)41-29-32-27-28-47(43(32)31-44(41)49)35-13-8-7-9-14-35/h7-31H,1-6H3. The molecule has 2 heterocycles. The molecule has 0 bridgehead atoms. The number of benzene rings is 6. The molecule has 0 spiro atoms. The van der Waals surface area contributed by atoms with Crippen LogP contribution in [0, 0.1) is 0 Å². The maximum Gasteiger partial charge on any atom is 0.0562 e. The molecule has 0 aliphatic heterocycles. The van der Waals surface area contributed by atoms with Gasteiger partial charge in [0.1, 0.15) is 0 Å². The fourth-order valence-corrected chi connectivity index (χ4v) is 7.13. The Morgan fingerprint density at radius 1 is 0.429 bits per heavy atom. The molecule has 0 atom stereocenters. The lowest BCUT2D eigenvalue weighted by Gasteiger charge is -2.28. The molecule has 8 aromatic rings. The van der Waals surface area contributed by atoms with Crippen molar-refractivity contribution in [1.29, 1.82) is 0 Å². The minimum Gasteiger partial charge on any atom is -0.316 e. The van der Waals surface area contributed by atoms with Gasteiger partial charge in [-0.15, -0.1) is 0 Å². The second-order valence-corrected chi connectivity index (χ2v) is 15.3. The molecule has 8 rings (SSSR count). The highest BCUT2D eigenvalue weighted by atomic mass is 15.1. The van der Waals surface area contributed by atoms with Crippen molar-refractivity contribution in [3.63, 3.8) is 0 Å². The molecule has 3 nitrogen and oxygen atoms in total. The zero-order valence-corrected chi connectivity index (χ0v) is 29.3. The number of hydrogen-bond acceptors (Lipinski definition) is 1. The van der Waals surface area contributed by atoms with Gasteiger partial charge in [-0.05, 0) is 101 Å². The summed E-state index contributed by atoms with van der Waals surface area (Å²) in [6.45, 7) is 13.6. The highest BCUT2D eigenvalue weighted by Crippen LogP contribution is 2.40. The molecule has 0 radical (unpaired) electrons. The number of fused-ring (bicyclic) bond motifs is 4. The molecule has 0 amide bonds. The Labute approximate surface area is 289 Å². The molecule has 49 heavy (non-hydrogen) atoms. The van der Waals surface area contributed by atoms with Gasteiger partial charge in [-0.2, -0.15) is 0 Å². The van der Waals surface area contributed by atoms with E-state index in [9.17, 15) is 0 Å². The summed E-state index contributed by atoms with van der Waals surface area (Å²) < 4.78 is 4.72. The van der Waals surface area contributed by atoms with Crippen molar-refractivity contribution < 1.29 is 0 Å². The predicted octanol–water partition coefficient (Wildman–Crippen LogP) is 12.8. The lowest BCUT2D eigenvalue weighted by molar-refractivity contribution is 0.590. The summed E-state index contributed by atoms with van der Waals surface area (Å²) in [4.78, 5) is 2.38. The predicted molar refractivity (Wildman–Crippen MR) is 210 cm³/mol. The Bertz CT molecular complexity index is 2370. The van der Waals surface area contributed by atoms with Crippen molar-refractivity contribution in [1.82, 2.24) is 9.13 Å². The smallest absolute Gasteiger partial charge is 0.0562 e. The van der Waals surface area contributed by atoms with Gasteiger partial charge in [0, 0.05) is 50.8 Å². The van der Waals surface area contributed by atoms with Crippen molar-refractivity contribution in [3.05, 3.63) is 163 Å². The molecule has 242 valence electrons. The van der Waals surface area contributed by atoms with E-state index in [4.69, 9.17) is 0 Å². The molecule has 2 aromatic heterocycles. The molecule has 0 saturated carbocycles. The van der Waals surface area contributed by atoms with Gasteiger partial charge in [0.2, 0.25) is 0 Å². The quantitative estimate of drug-likeness (QED) is 0.183. The largest absolute Gasteiger partial charge is 0.316 e. The maximum atomic E-state index is 2.43. The van der Waals surface area contributed by atoms with E-state index in [-0.39, 0.29) is 10.8 Å². The zero-order valence-electron chi connectivity index (χ0n) is 29.3. The van der Waals surface area contributed by atoms with Gasteiger partial charge in [-0.3, -0.25) is 0 Å². The van der Waals surface area contributed by atoms with Crippen LogP contribution in [0.1, 0.15) is 52.7 Å². The Morgan fingerprint density at radius 2 is 1.02 bits per heavy atom. The second-order valence-electron chi connectivity index (χ2n) is 15.3. The highest BCUT2D eigenvalue weighted by molar-refractivity contribution is 6.13. The van der Waals surface area contributed by atoms with Crippen LogP contribution in [0.15, 0.2) is 152 Å². The van der Waals surface area contributed by atoms with E-state index in [1.165, 1.54) is 43.8 Å². The molecule has 3 heteroatoms. The molecule has 0 aliphatic carbocycles. The third-order valence-electron chi connectivity index (χ3n) is 9.85. The van der Waals surface area contributed by atoms with Gasteiger partial charge < -0.3 is 14.0 Å². The number of para-hydroxylation sites is 2. The maximum absolute atomic E-state index is 2.43. The molecule has 0 unspecified atom stereocenters. The number of anilines is 3. The molecule has 0 N–H and O–H groups in total. The first kappa shape index (κ1) is 30.8. The highest BCUT2D eigenvalue weighted by Gasteiger charge is 2.20. The minimum absolute atomic E-state index is 0.0833. The van der Waals surface area contributed by atoms with Crippen LogP contribution in [-0.2, 0) is 10.8 Å². The van der Waals surface area contributed by atoms with E-state index < -0.39 is 0 Å². The number of hydrogen-bond donors (Lipinski definition) is 0. The van der Waals surface area contributed by atoms with Crippen molar-refractivity contribution >= 4 is 49.8 Å². The van der Waals surface area contributed by atoms with E-state index in [1.54, 1.807) is 0 Å². The molecular weight excluding hydrogens is 595 g/mol. The van der Waals surface area contributed by atoms with Crippen LogP contribution in [0.25, 0.3) is 44.1 Å². The third kappa shape index (κ3) is 5.50. The Morgan fingerprint density at radius 3 is 1.65 bits per heavy atom. The van der Waals surface area contributed by atoms with Crippen LogP contribution in [0.3, 0.4) is 0 Å². The van der Waals surface area contributed by atoms with Crippen LogP contribution in [0.2, 0.25) is 0 Å². The molecular formula is C46H43N3. The Balaban J connectivity index is 1.32. The summed E-state index contributed by atoms with van der Waals surface area (Å²) in [6, 6.07) is 53.5. The van der Waals surface area contributed by atoms with Crippen LogP contribution in [-0.4, -0.2) is 9.13 Å². The zero-order chi connectivity index (χ0) is 33.9. The SMILES string of the molecule is CC(C)(C)c1ccc(N(c2ccc(C(C)(C)C)cc2)c2cccc(-n3c4ccccc4c4cc5ccn(-c6ccccc6)c5cc43)c2)cc1. The molecule has 6 aromatic carbocycles. The third-order valence-corrected chi connectivity index (χ3v) is 9.85. The molecule has 0 aliphatic rings. The van der Waals surface area contributed by atoms with Crippen molar-refractivity contribution in [2.75, 3.05) is 4.90 Å². The van der Waals surface area contributed by atoms with E-state index >= 15 is 0 Å². The van der Waals surface area contributed by atoms with E-state index in [1.807, 2.05) is 0 Å². The fourth-order valence-electron chi connectivity index (χ4n) is 7.13. The lowest BCUT2D eigenvalue weighted by Crippen LogP contribution is -2.14. The summed E-state index contributed by atoms with van der Waals surface area (Å²) >= 11 is 0.